The standard InChI is InChI=1S/C20H23ClF3N3O/c1-10(2)14-7-4-12(21)8-11(14)9-27(13-5-6-13)20-17(28-20)15-16(18(22)23)25-26(3)19(15)24/h4,7-8,10,13,17-18,20H,5-6,9H2,1-3H3. The number of epoxide rings is 1. The van der Waals surface area contributed by atoms with Gasteiger partial charge in [0.25, 0.3) is 6.43 Å². The number of nitrogens with zero attached hydrogens (tertiary/aromatic N) is 3. The molecule has 1 aliphatic carbocycles. The minimum atomic E-state index is -2.84. The zero-order valence-corrected chi connectivity index (χ0v) is 16.8. The summed E-state index contributed by atoms with van der Waals surface area (Å²) in [6.45, 7) is 4.82. The van der Waals surface area contributed by atoms with E-state index in [1.54, 1.807) is 0 Å². The number of aryl methyl sites for hydroxylation is 1. The van der Waals surface area contributed by atoms with Crippen LogP contribution in [0.2, 0.25) is 5.02 Å². The predicted octanol–water partition coefficient (Wildman–Crippen LogP) is 5.34. The van der Waals surface area contributed by atoms with Gasteiger partial charge in [-0.2, -0.15) is 9.49 Å². The van der Waals surface area contributed by atoms with Crippen LogP contribution >= 0.6 is 11.6 Å². The maximum atomic E-state index is 14.4. The van der Waals surface area contributed by atoms with Gasteiger partial charge < -0.3 is 4.74 Å². The van der Waals surface area contributed by atoms with Crippen LogP contribution in [-0.2, 0) is 18.3 Å². The van der Waals surface area contributed by atoms with Crippen LogP contribution in [0.5, 0.6) is 0 Å². The first-order chi connectivity index (χ1) is 13.3. The Morgan fingerprint density at radius 2 is 2.04 bits per heavy atom. The second-order valence-electron chi connectivity index (χ2n) is 7.86. The van der Waals surface area contributed by atoms with E-state index in [0.29, 0.717) is 23.5 Å². The Morgan fingerprint density at radius 3 is 2.64 bits per heavy atom. The zero-order chi connectivity index (χ0) is 20.2. The fourth-order valence-electron chi connectivity index (χ4n) is 3.84. The van der Waals surface area contributed by atoms with E-state index in [0.717, 1.165) is 23.1 Å². The number of alkyl halides is 2. The molecule has 1 aliphatic heterocycles. The topological polar surface area (TPSA) is 33.6 Å². The second-order valence-corrected chi connectivity index (χ2v) is 8.30. The van der Waals surface area contributed by atoms with Gasteiger partial charge in [-0.15, -0.1) is 0 Å². The largest absolute Gasteiger partial charge is 0.348 e. The van der Waals surface area contributed by atoms with Crippen molar-refractivity contribution in [2.24, 2.45) is 7.05 Å². The predicted molar refractivity (Wildman–Crippen MR) is 99.8 cm³/mol. The molecule has 0 amide bonds. The van der Waals surface area contributed by atoms with Gasteiger partial charge in [0.05, 0.1) is 5.56 Å². The monoisotopic (exact) mass is 413 g/mol. The van der Waals surface area contributed by atoms with Crippen LogP contribution in [0, 0.1) is 5.95 Å². The zero-order valence-electron chi connectivity index (χ0n) is 16.0. The number of hydrogen-bond donors (Lipinski definition) is 0. The van der Waals surface area contributed by atoms with Crippen molar-refractivity contribution in [3.63, 3.8) is 0 Å². The van der Waals surface area contributed by atoms with E-state index in [4.69, 9.17) is 16.3 Å². The number of rotatable bonds is 7. The maximum absolute atomic E-state index is 14.4. The number of aromatic nitrogens is 2. The van der Waals surface area contributed by atoms with Crippen LogP contribution in [0.3, 0.4) is 0 Å². The fourth-order valence-corrected chi connectivity index (χ4v) is 4.03. The molecule has 2 aliphatic rings. The average molecular weight is 414 g/mol. The third kappa shape index (κ3) is 3.67. The minimum Gasteiger partial charge on any atom is -0.348 e. The number of hydrogen-bond acceptors (Lipinski definition) is 3. The lowest BCUT2D eigenvalue weighted by atomic mass is 9.96. The summed E-state index contributed by atoms with van der Waals surface area (Å²) < 4.78 is 47.6. The maximum Gasteiger partial charge on any atom is 0.282 e. The van der Waals surface area contributed by atoms with Crippen LogP contribution in [0.25, 0.3) is 0 Å². The Hall–Kier alpha value is -1.57. The van der Waals surface area contributed by atoms with Gasteiger partial charge in [-0.1, -0.05) is 31.5 Å². The molecule has 8 heteroatoms. The highest BCUT2D eigenvalue weighted by Gasteiger charge is 2.53. The first-order valence-electron chi connectivity index (χ1n) is 9.48. The van der Waals surface area contributed by atoms with Crippen LogP contribution in [-0.4, -0.2) is 27.0 Å². The van der Waals surface area contributed by atoms with E-state index in [9.17, 15) is 13.2 Å². The summed E-state index contributed by atoms with van der Waals surface area (Å²) in [6.07, 6.45) is -1.96. The molecular formula is C20H23ClF3N3O. The van der Waals surface area contributed by atoms with Gasteiger partial charge in [-0.05, 0) is 42.0 Å². The van der Waals surface area contributed by atoms with Crippen molar-refractivity contribution in [1.29, 1.82) is 0 Å². The first-order valence-corrected chi connectivity index (χ1v) is 9.85. The van der Waals surface area contributed by atoms with Crippen molar-refractivity contribution < 1.29 is 17.9 Å². The van der Waals surface area contributed by atoms with E-state index >= 15 is 0 Å². The molecule has 0 N–H and O–H groups in total. The molecule has 1 saturated heterocycles. The van der Waals surface area contributed by atoms with Gasteiger partial charge >= 0.3 is 0 Å². The molecular weight excluding hydrogens is 391 g/mol. The van der Waals surface area contributed by atoms with Gasteiger partial charge in [-0.25, -0.2) is 13.5 Å². The van der Waals surface area contributed by atoms with Gasteiger partial charge in [-0.3, -0.25) is 4.90 Å². The molecule has 1 aromatic carbocycles. The molecule has 2 fully saturated rings. The summed E-state index contributed by atoms with van der Waals surface area (Å²) in [7, 11) is 1.32. The van der Waals surface area contributed by atoms with Gasteiger partial charge in [0.15, 0.2) is 0 Å². The van der Waals surface area contributed by atoms with Crippen LogP contribution in [0.15, 0.2) is 18.2 Å². The Kier molecular flexibility index (Phi) is 5.18. The lowest BCUT2D eigenvalue weighted by Gasteiger charge is -2.23. The van der Waals surface area contributed by atoms with Crippen molar-refractivity contribution in [3.8, 4) is 0 Å². The summed E-state index contributed by atoms with van der Waals surface area (Å²) in [6, 6.07) is 6.15. The molecule has 0 spiro atoms. The van der Waals surface area contributed by atoms with Crippen LogP contribution in [0.4, 0.5) is 13.2 Å². The number of ether oxygens (including phenoxy) is 1. The average Bonchev–Trinajstić information content (AvgIpc) is 3.53. The summed E-state index contributed by atoms with van der Waals surface area (Å²) in [4.78, 5) is 2.14. The summed E-state index contributed by atoms with van der Waals surface area (Å²) >= 11 is 6.21. The smallest absolute Gasteiger partial charge is 0.282 e. The highest BCUT2D eigenvalue weighted by atomic mass is 35.5. The lowest BCUT2D eigenvalue weighted by molar-refractivity contribution is 0.143. The Morgan fingerprint density at radius 1 is 1.32 bits per heavy atom. The first kappa shape index (κ1) is 19.7. The molecule has 4 rings (SSSR count). The SMILES string of the molecule is CC(C)c1ccc(Cl)cc1CN(C1CC1)C1OC1c1c(C(F)F)nn(C)c1F. The van der Waals surface area contributed by atoms with Crippen molar-refractivity contribution in [1.82, 2.24) is 14.7 Å². The quantitative estimate of drug-likeness (QED) is 0.575. The molecule has 0 bridgehead atoms. The second kappa shape index (κ2) is 7.35. The van der Waals surface area contributed by atoms with Crippen molar-refractivity contribution in [3.05, 3.63) is 51.6 Å². The van der Waals surface area contributed by atoms with Crippen LogP contribution < -0.4 is 0 Å². The van der Waals surface area contributed by atoms with Crippen molar-refractivity contribution >= 4 is 11.6 Å². The molecule has 2 unspecified atom stereocenters. The van der Waals surface area contributed by atoms with E-state index in [-0.39, 0.29) is 5.56 Å². The van der Waals surface area contributed by atoms with E-state index < -0.39 is 30.4 Å². The summed E-state index contributed by atoms with van der Waals surface area (Å²) in [5.74, 6) is -0.436. The van der Waals surface area contributed by atoms with Crippen molar-refractivity contribution in [2.45, 2.75) is 64.0 Å². The highest BCUT2D eigenvalue weighted by molar-refractivity contribution is 6.30. The van der Waals surface area contributed by atoms with E-state index in [1.165, 1.54) is 12.6 Å². The molecule has 2 atom stereocenters. The molecule has 4 nitrogen and oxygen atoms in total. The summed E-state index contributed by atoms with van der Waals surface area (Å²) in [5, 5.41) is 4.29. The highest BCUT2D eigenvalue weighted by Crippen LogP contribution is 2.49. The Bertz CT molecular complexity index is 882. The van der Waals surface area contributed by atoms with E-state index in [1.807, 2.05) is 18.2 Å². The van der Waals surface area contributed by atoms with Crippen molar-refractivity contribution in [2.75, 3.05) is 0 Å². The third-order valence-corrected chi connectivity index (χ3v) is 5.66. The number of halogens is 4. The molecule has 152 valence electrons. The third-order valence-electron chi connectivity index (χ3n) is 5.42. The Labute approximate surface area is 167 Å². The van der Waals surface area contributed by atoms with Gasteiger partial charge in [0, 0.05) is 24.7 Å². The molecule has 1 saturated carbocycles. The van der Waals surface area contributed by atoms with Gasteiger partial charge in [0.1, 0.15) is 18.0 Å². The fraction of sp³-hybridized carbons (Fsp3) is 0.550. The van der Waals surface area contributed by atoms with Crippen LogP contribution in [0.1, 0.15) is 67.5 Å². The van der Waals surface area contributed by atoms with E-state index in [2.05, 4.69) is 23.8 Å². The lowest BCUT2D eigenvalue weighted by Crippen LogP contribution is -2.30. The molecule has 2 aromatic rings. The molecule has 1 aromatic heterocycles. The Balaban J connectivity index is 1.60. The molecule has 0 radical (unpaired) electrons. The molecule has 28 heavy (non-hydrogen) atoms. The number of benzene rings is 1. The summed E-state index contributed by atoms with van der Waals surface area (Å²) in [5.41, 5.74) is 1.62. The molecule has 2 heterocycles. The van der Waals surface area contributed by atoms with Gasteiger partial charge in [0.2, 0.25) is 5.95 Å². The normalized spacial score (nSPS) is 21.9. The minimum absolute atomic E-state index is 0.122.